The van der Waals surface area contributed by atoms with Crippen LogP contribution in [0.1, 0.15) is 13.3 Å². The quantitative estimate of drug-likeness (QED) is 0.574. The van der Waals surface area contributed by atoms with Gasteiger partial charge in [-0.25, -0.2) is 0 Å². The third-order valence-electron chi connectivity index (χ3n) is 2.12. The zero-order chi connectivity index (χ0) is 10.3. The first kappa shape index (κ1) is 12.2. The van der Waals surface area contributed by atoms with E-state index in [2.05, 4.69) is 25.5 Å². The third-order valence-corrected chi connectivity index (χ3v) is 2.12. The highest BCUT2D eigenvalue weighted by Gasteiger charge is 2.03. The van der Waals surface area contributed by atoms with Gasteiger partial charge in [-0.05, 0) is 32.6 Å². The van der Waals surface area contributed by atoms with Crippen LogP contribution in [0.25, 0.3) is 0 Å². The Balaban J connectivity index is 3.52. The fourth-order valence-corrected chi connectivity index (χ4v) is 1.00. The van der Waals surface area contributed by atoms with Crippen LogP contribution in [0.5, 0.6) is 0 Å². The zero-order valence-electron chi connectivity index (χ0n) is 8.92. The van der Waals surface area contributed by atoms with E-state index in [0.717, 1.165) is 26.1 Å². The van der Waals surface area contributed by atoms with Gasteiger partial charge in [0.1, 0.15) is 0 Å². The molecule has 3 nitrogen and oxygen atoms in total. The maximum Gasteiger partial charge on any atom is 0.245 e. The minimum atomic E-state index is -0.000786. The largest absolute Gasteiger partial charge is 0.342 e. The Hall–Kier alpha value is -0.830. The molecule has 0 unspecified atom stereocenters. The molecule has 0 aliphatic heterocycles. The minimum Gasteiger partial charge on any atom is -0.342 e. The van der Waals surface area contributed by atoms with Crippen molar-refractivity contribution in [1.82, 2.24) is 9.80 Å². The van der Waals surface area contributed by atoms with Gasteiger partial charge in [0.05, 0.1) is 0 Å². The van der Waals surface area contributed by atoms with Crippen molar-refractivity contribution < 1.29 is 4.79 Å². The maximum absolute atomic E-state index is 11.1. The van der Waals surface area contributed by atoms with Gasteiger partial charge in [0.2, 0.25) is 5.91 Å². The van der Waals surface area contributed by atoms with Crippen molar-refractivity contribution in [3.8, 4) is 0 Å². The van der Waals surface area contributed by atoms with Crippen LogP contribution in [0.2, 0.25) is 0 Å². The van der Waals surface area contributed by atoms with Gasteiger partial charge in [-0.3, -0.25) is 4.79 Å². The van der Waals surface area contributed by atoms with Gasteiger partial charge < -0.3 is 9.80 Å². The number of nitrogens with zero attached hydrogens (tertiary/aromatic N) is 2. The molecule has 76 valence electrons. The molecule has 13 heavy (non-hydrogen) atoms. The van der Waals surface area contributed by atoms with Gasteiger partial charge in [0, 0.05) is 13.6 Å². The van der Waals surface area contributed by atoms with Crippen LogP contribution in [0.15, 0.2) is 12.7 Å². The summed E-state index contributed by atoms with van der Waals surface area (Å²) in [6.07, 6.45) is 2.37. The van der Waals surface area contributed by atoms with Gasteiger partial charge in [0.25, 0.3) is 0 Å². The normalized spacial score (nSPS) is 10.2. The van der Waals surface area contributed by atoms with Crippen molar-refractivity contribution in [3.63, 3.8) is 0 Å². The molecule has 1 amide bonds. The second-order valence-corrected chi connectivity index (χ2v) is 3.21. The van der Waals surface area contributed by atoms with E-state index in [-0.39, 0.29) is 5.91 Å². The Labute approximate surface area is 81.0 Å². The van der Waals surface area contributed by atoms with Crippen molar-refractivity contribution >= 4 is 5.91 Å². The smallest absolute Gasteiger partial charge is 0.245 e. The van der Waals surface area contributed by atoms with Crippen molar-refractivity contribution in [2.24, 2.45) is 0 Å². The van der Waals surface area contributed by atoms with Crippen molar-refractivity contribution in [2.75, 3.05) is 33.7 Å². The topological polar surface area (TPSA) is 23.6 Å². The lowest BCUT2D eigenvalue weighted by molar-refractivity contribution is -0.124. The zero-order valence-corrected chi connectivity index (χ0v) is 8.92. The third kappa shape index (κ3) is 5.42. The summed E-state index contributed by atoms with van der Waals surface area (Å²) in [5.74, 6) is -0.000786. The molecule has 0 aromatic heterocycles. The molecule has 0 aromatic carbocycles. The number of rotatable bonds is 6. The molecular formula is C10H20N2O. The lowest BCUT2D eigenvalue weighted by Gasteiger charge is -2.18. The van der Waals surface area contributed by atoms with Crippen LogP contribution < -0.4 is 0 Å². The van der Waals surface area contributed by atoms with Crippen molar-refractivity contribution in [1.29, 1.82) is 0 Å². The molecule has 0 spiro atoms. The van der Waals surface area contributed by atoms with Gasteiger partial charge in [-0.1, -0.05) is 13.5 Å². The first-order valence-corrected chi connectivity index (χ1v) is 4.67. The van der Waals surface area contributed by atoms with E-state index < -0.39 is 0 Å². The van der Waals surface area contributed by atoms with Crippen molar-refractivity contribution in [3.05, 3.63) is 12.7 Å². The van der Waals surface area contributed by atoms with E-state index in [4.69, 9.17) is 0 Å². The van der Waals surface area contributed by atoms with E-state index in [0.29, 0.717) is 0 Å². The number of likely N-dealkylation sites (N-methyl/N-ethyl adjacent to an activating group) is 1. The predicted octanol–water partition coefficient (Wildman–Crippen LogP) is 0.973. The fourth-order valence-electron chi connectivity index (χ4n) is 1.00. The molecule has 3 heteroatoms. The number of hydrogen-bond donors (Lipinski definition) is 0. The lowest BCUT2D eigenvalue weighted by Crippen LogP contribution is -2.29. The van der Waals surface area contributed by atoms with Gasteiger partial charge in [0.15, 0.2) is 0 Å². The second kappa shape index (κ2) is 6.66. The average molecular weight is 184 g/mol. The summed E-state index contributed by atoms with van der Waals surface area (Å²) in [7, 11) is 3.88. The Morgan fingerprint density at radius 2 is 2.00 bits per heavy atom. The first-order chi connectivity index (χ1) is 6.11. The summed E-state index contributed by atoms with van der Waals surface area (Å²) in [4.78, 5) is 15.0. The standard InChI is InChI=1S/C10H20N2O/c1-5-10(13)12(4)9-7-8-11(3)6-2/h5H,1,6-9H2,2-4H3. The second-order valence-electron chi connectivity index (χ2n) is 3.21. The van der Waals surface area contributed by atoms with E-state index in [1.165, 1.54) is 6.08 Å². The number of carbonyl (C=O) groups excluding carboxylic acids is 1. The molecular weight excluding hydrogens is 164 g/mol. The van der Waals surface area contributed by atoms with Gasteiger partial charge >= 0.3 is 0 Å². The molecule has 0 aliphatic carbocycles. The number of hydrogen-bond acceptors (Lipinski definition) is 2. The van der Waals surface area contributed by atoms with E-state index in [9.17, 15) is 4.79 Å². The lowest BCUT2D eigenvalue weighted by atomic mass is 10.3. The molecule has 0 radical (unpaired) electrons. The summed E-state index contributed by atoms with van der Waals surface area (Å²) in [6, 6.07) is 0. The van der Waals surface area contributed by atoms with Crippen LogP contribution in [-0.4, -0.2) is 49.4 Å². The molecule has 0 N–H and O–H groups in total. The summed E-state index contributed by atoms with van der Waals surface area (Å²) in [5, 5.41) is 0. The Bertz CT molecular complexity index is 168. The Morgan fingerprint density at radius 1 is 1.38 bits per heavy atom. The van der Waals surface area contributed by atoms with Crippen LogP contribution in [0.3, 0.4) is 0 Å². The average Bonchev–Trinajstić information content (AvgIpc) is 2.15. The molecule has 0 fully saturated rings. The first-order valence-electron chi connectivity index (χ1n) is 4.67. The Kier molecular flexibility index (Phi) is 6.24. The highest BCUT2D eigenvalue weighted by molar-refractivity contribution is 5.86. The van der Waals surface area contributed by atoms with Gasteiger partial charge in [-0.15, -0.1) is 0 Å². The molecule has 0 bridgehead atoms. The molecule has 0 saturated carbocycles. The van der Waals surface area contributed by atoms with Gasteiger partial charge in [-0.2, -0.15) is 0 Å². The van der Waals surface area contributed by atoms with Crippen LogP contribution in [0.4, 0.5) is 0 Å². The highest BCUT2D eigenvalue weighted by atomic mass is 16.2. The molecule has 0 atom stereocenters. The van der Waals surface area contributed by atoms with E-state index in [1.807, 2.05) is 0 Å². The molecule has 0 saturated heterocycles. The molecule has 0 aromatic rings. The maximum atomic E-state index is 11.1. The van der Waals surface area contributed by atoms with Crippen LogP contribution in [-0.2, 0) is 4.79 Å². The predicted molar refractivity (Wildman–Crippen MR) is 55.6 cm³/mol. The van der Waals surface area contributed by atoms with Crippen LogP contribution in [0, 0.1) is 0 Å². The fraction of sp³-hybridized carbons (Fsp3) is 0.700. The van der Waals surface area contributed by atoms with E-state index in [1.54, 1.807) is 11.9 Å². The monoisotopic (exact) mass is 184 g/mol. The van der Waals surface area contributed by atoms with E-state index >= 15 is 0 Å². The summed E-state index contributed by atoms with van der Waals surface area (Å²) < 4.78 is 0. The number of amides is 1. The highest BCUT2D eigenvalue weighted by Crippen LogP contribution is 1.92. The molecule has 0 aliphatic rings. The summed E-state index contributed by atoms with van der Waals surface area (Å²) in [6.45, 7) is 8.45. The summed E-state index contributed by atoms with van der Waals surface area (Å²) in [5.41, 5.74) is 0. The van der Waals surface area contributed by atoms with Crippen LogP contribution >= 0.6 is 0 Å². The summed E-state index contributed by atoms with van der Waals surface area (Å²) >= 11 is 0. The minimum absolute atomic E-state index is 0.000786. The molecule has 0 rings (SSSR count). The SMILES string of the molecule is C=CC(=O)N(C)CCCN(C)CC. The Morgan fingerprint density at radius 3 is 2.46 bits per heavy atom. The molecule has 0 heterocycles. The number of carbonyl (C=O) groups is 1. The van der Waals surface area contributed by atoms with Crippen molar-refractivity contribution in [2.45, 2.75) is 13.3 Å².